The van der Waals surface area contributed by atoms with Crippen LogP contribution in [-0.2, 0) is 9.47 Å². The molecule has 0 spiro atoms. The van der Waals surface area contributed by atoms with Crippen molar-refractivity contribution in [2.45, 2.75) is 51.4 Å². The minimum absolute atomic E-state index is 0.0219. The topological polar surface area (TPSA) is 44.5 Å². The molecule has 3 unspecified atom stereocenters. The Morgan fingerprint density at radius 2 is 2.05 bits per heavy atom. The van der Waals surface area contributed by atoms with Crippen LogP contribution in [0.3, 0.4) is 0 Å². The van der Waals surface area contributed by atoms with Crippen molar-refractivity contribution in [3.63, 3.8) is 0 Å². The first kappa shape index (κ1) is 14.5. The fraction of sp³-hybridized carbons (Fsp3) is 0.625. The Kier molecular flexibility index (Phi) is 5.37. The van der Waals surface area contributed by atoms with Crippen LogP contribution in [0, 0.1) is 6.92 Å². The predicted octanol–water partition coefficient (Wildman–Crippen LogP) is 2.97. The summed E-state index contributed by atoms with van der Waals surface area (Å²) < 4.78 is 11.7. The number of nitrogens with two attached hydrogens (primary N) is 1. The summed E-state index contributed by atoms with van der Waals surface area (Å²) in [5.41, 5.74) is 8.46. The highest BCUT2D eigenvalue weighted by atomic mass is 16.5. The molecule has 106 valence electrons. The summed E-state index contributed by atoms with van der Waals surface area (Å²) in [6.07, 6.45) is 3.69. The molecule has 1 heterocycles. The average molecular weight is 263 g/mol. The van der Waals surface area contributed by atoms with E-state index in [1.807, 2.05) is 6.92 Å². The lowest BCUT2D eigenvalue weighted by Gasteiger charge is -2.27. The van der Waals surface area contributed by atoms with E-state index in [2.05, 4.69) is 31.2 Å². The molecule has 0 radical (unpaired) electrons. The Labute approximate surface area is 116 Å². The van der Waals surface area contributed by atoms with Gasteiger partial charge in [-0.1, -0.05) is 29.8 Å². The van der Waals surface area contributed by atoms with E-state index in [-0.39, 0.29) is 18.2 Å². The number of aryl methyl sites for hydroxylation is 1. The van der Waals surface area contributed by atoms with Crippen LogP contribution in [0.25, 0.3) is 0 Å². The molecule has 2 rings (SSSR count). The van der Waals surface area contributed by atoms with Gasteiger partial charge in [-0.25, -0.2) is 0 Å². The summed E-state index contributed by atoms with van der Waals surface area (Å²) in [6, 6.07) is 8.39. The van der Waals surface area contributed by atoms with Crippen molar-refractivity contribution < 1.29 is 9.47 Å². The molecule has 0 aliphatic carbocycles. The molecule has 0 bridgehead atoms. The highest BCUT2D eigenvalue weighted by molar-refractivity contribution is 5.24. The minimum Gasteiger partial charge on any atom is -0.376 e. The van der Waals surface area contributed by atoms with Gasteiger partial charge in [-0.2, -0.15) is 0 Å². The molecule has 1 aliphatic rings. The highest BCUT2D eigenvalue weighted by Crippen LogP contribution is 2.23. The smallest absolute Gasteiger partial charge is 0.0974 e. The summed E-state index contributed by atoms with van der Waals surface area (Å²) in [7, 11) is 0. The second-order valence-corrected chi connectivity index (χ2v) is 5.51. The Balaban J connectivity index is 1.94. The van der Waals surface area contributed by atoms with Gasteiger partial charge in [0, 0.05) is 12.6 Å². The molecular weight excluding hydrogens is 238 g/mol. The van der Waals surface area contributed by atoms with Gasteiger partial charge in [0.25, 0.3) is 0 Å². The third kappa shape index (κ3) is 4.30. The van der Waals surface area contributed by atoms with E-state index < -0.39 is 0 Å². The molecule has 0 saturated carbocycles. The molecule has 3 atom stereocenters. The first-order valence-corrected chi connectivity index (χ1v) is 7.22. The molecule has 3 nitrogen and oxygen atoms in total. The van der Waals surface area contributed by atoms with Gasteiger partial charge in [0.15, 0.2) is 0 Å². The number of benzene rings is 1. The van der Waals surface area contributed by atoms with Crippen molar-refractivity contribution >= 4 is 0 Å². The van der Waals surface area contributed by atoms with E-state index in [1.165, 1.54) is 18.4 Å². The summed E-state index contributed by atoms with van der Waals surface area (Å²) in [6.45, 7) is 5.58. The lowest BCUT2D eigenvalue weighted by atomic mass is 10.0. The van der Waals surface area contributed by atoms with Gasteiger partial charge in [0.1, 0.15) is 0 Å². The van der Waals surface area contributed by atoms with Crippen molar-refractivity contribution in [2.24, 2.45) is 5.73 Å². The maximum Gasteiger partial charge on any atom is 0.0974 e. The van der Waals surface area contributed by atoms with E-state index in [4.69, 9.17) is 15.2 Å². The van der Waals surface area contributed by atoms with Crippen molar-refractivity contribution in [3.8, 4) is 0 Å². The molecule has 0 amide bonds. The molecule has 1 saturated heterocycles. The SMILES string of the molecule is Cc1ccc(C(OCC2CCCCO2)C(C)N)cc1. The van der Waals surface area contributed by atoms with E-state index in [1.54, 1.807) is 0 Å². The molecule has 0 aromatic heterocycles. The van der Waals surface area contributed by atoms with Crippen LogP contribution in [0.2, 0.25) is 0 Å². The molecule has 1 fully saturated rings. The monoisotopic (exact) mass is 263 g/mol. The predicted molar refractivity (Wildman–Crippen MR) is 77.1 cm³/mol. The van der Waals surface area contributed by atoms with Crippen molar-refractivity contribution in [2.75, 3.05) is 13.2 Å². The van der Waals surface area contributed by atoms with Crippen molar-refractivity contribution in [1.29, 1.82) is 0 Å². The van der Waals surface area contributed by atoms with E-state index in [0.717, 1.165) is 18.6 Å². The zero-order valence-corrected chi connectivity index (χ0v) is 12.0. The number of hydrogen-bond acceptors (Lipinski definition) is 3. The van der Waals surface area contributed by atoms with E-state index in [9.17, 15) is 0 Å². The molecule has 1 aliphatic heterocycles. The minimum atomic E-state index is -0.0499. The number of ether oxygens (including phenoxy) is 2. The fourth-order valence-electron chi connectivity index (χ4n) is 2.46. The fourth-order valence-corrected chi connectivity index (χ4v) is 2.46. The maximum atomic E-state index is 6.06. The Bertz CT molecular complexity index is 369. The van der Waals surface area contributed by atoms with Crippen LogP contribution in [0.15, 0.2) is 24.3 Å². The van der Waals surface area contributed by atoms with Crippen molar-refractivity contribution in [3.05, 3.63) is 35.4 Å². The third-order valence-corrected chi connectivity index (χ3v) is 3.62. The van der Waals surface area contributed by atoms with E-state index >= 15 is 0 Å². The molecule has 3 heteroatoms. The highest BCUT2D eigenvalue weighted by Gasteiger charge is 2.20. The van der Waals surface area contributed by atoms with Gasteiger partial charge in [0.05, 0.1) is 18.8 Å². The summed E-state index contributed by atoms with van der Waals surface area (Å²) >= 11 is 0. The second kappa shape index (κ2) is 7.04. The molecule has 19 heavy (non-hydrogen) atoms. The normalized spacial score (nSPS) is 23.0. The van der Waals surface area contributed by atoms with Crippen LogP contribution in [0.1, 0.15) is 43.4 Å². The number of hydrogen-bond donors (Lipinski definition) is 1. The van der Waals surface area contributed by atoms with Gasteiger partial charge >= 0.3 is 0 Å². The van der Waals surface area contributed by atoms with Gasteiger partial charge < -0.3 is 15.2 Å². The standard InChI is InChI=1S/C16H25NO2/c1-12-6-8-14(9-7-12)16(13(2)17)19-11-15-5-3-4-10-18-15/h6-9,13,15-16H,3-5,10-11,17H2,1-2H3. The zero-order chi connectivity index (χ0) is 13.7. The van der Waals surface area contributed by atoms with Crippen LogP contribution in [-0.4, -0.2) is 25.4 Å². The zero-order valence-electron chi connectivity index (χ0n) is 12.0. The van der Waals surface area contributed by atoms with Crippen LogP contribution < -0.4 is 5.73 Å². The molecule has 2 N–H and O–H groups in total. The lowest BCUT2D eigenvalue weighted by molar-refractivity contribution is -0.0680. The first-order chi connectivity index (χ1) is 9.16. The Morgan fingerprint density at radius 1 is 1.32 bits per heavy atom. The molecule has 1 aromatic carbocycles. The maximum absolute atomic E-state index is 6.06. The Hall–Kier alpha value is -0.900. The van der Waals surface area contributed by atoms with Gasteiger partial charge in [-0.05, 0) is 38.7 Å². The third-order valence-electron chi connectivity index (χ3n) is 3.62. The Morgan fingerprint density at radius 3 is 2.63 bits per heavy atom. The quantitative estimate of drug-likeness (QED) is 0.888. The number of rotatable bonds is 5. The summed E-state index contributed by atoms with van der Waals surface area (Å²) in [5, 5.41) is 0. The second-order valence-electron chi connectivity index (χ2n) is 5.51. The average Bonchev–Trinajstić information content (AvgIpc) is 2.42. The van der Waals surface area contributed by atoms with Crippen LogP contribution in [0.4, 0.5) is 0 Å². The first-order valence-electron chi connectivity index (χ1n) is 7.22. The summed E-state index contributed by atoms with van der Waals surface area (Å²) in [4.78, 5) is 0. The van der Waals surface area contributed by atoms with Gasteiger partial charge in [-0.15, -0.1) is 0 Å². The summed E-state index contributed by atoms with van der Waals surface area (Å²) in [5.74, 6) is 0. The van der Waals surface area contributed by atoms with Gasteiger partial charge in [0.2, 0.25) is 0 Å². The van der Waals surface area contributed by atoms with E-state index in [0.29, 0.717) is 6.61 Å². The van der Waals surface area contributed by atoms with Gasteiger partial charge in [-0.3, -0.25) is 0 Å². The van der Waals surface area contributed by atoms with Crippen LogP contribution in [0.5, 0.6) is 0 Å². The van der Waals surface area contributed by atoms with Crippen molar-refractivity contribution in [1.82, 2.24) is 0 Å². The molecule has 1 aromatic rings. The molecular formula is C16H25NO2. The lowest BCUT2D eigenvalue weighted by Crippen LogP contribution is -2.31. The largest absolute Gasteiger partial charge is 0.376 e. The van der Waals surface area contributed by atoms with Crippen LogP contribution >= 0.6 is 0 Å².